The smallest absolute Gasteiger partial charge is 0.141 e. The van der Waals surface area contributed by atoms with E-state index >= 15 is 0 Å². The van der Waals surface area contributed by atoms with E-state index in [1.54, 1.807) is 0 Å². The van der Waals surface area contributed by atoms with Crippen molar-refractivity contribution in [2.45, 2.75) is 33.2 Å². The molecular formula is C26H31N5O2. The van der Waals surface area contributed by atoms with E-state index in [1.165, 1.54) is 11.1 Å². The molecule has 3 heterocycles. The van der Waals surface area contributed by atoms with Crippen LogP contribution in [0.2, 0.25) is 0 Å². The van der Waals surface area contributed by atoms with Crippen LogP contribution in [0.4, 0.5) is 5.69 Å². The molecule has 2 aromatic carbocycles. The number of morpholine rings is 1. The molecule has 1 aliphatic rings. The number of hydrogen-bond donors (Lipinski definition) is 1. The second-order valence-electron chi connectivity index (χ2n) is 8.78. The van der Waals surface area contributed by atoms with Crippen molar-refractivity contribution in [3.8, 4) is 11.1 Å². The lowest BCUT2D eigenvalue weighted by atomic mass is 10.0. The van der Waals surface area contributed by atoms with E-state index in [1.807, 2.05) is 26.0 Å². The largest absolute Gasteiger partial charge is 0.399 e. The Balaban J connectivity index is 1.46. The van der Waals surface area contributed by atoms with E-state index in [2.05, 4.69) is 45.0 Å². The van der Waals surface area contributed by atoms with Crippen molar-refractivity contribution in [2.24, 2.45) is 0 Å². The topological polar surface area (TPSA) is 82.3 Å². The molecule has 0 bridgehead atoms. The Labute approximate surface area is 194 Å². The van der Waals surface area contributed by atoms with Gasteiger partial charge in [-0.05, 0) is 55.7 Å². The summed E-state index contributed by atoms with van der Waals surface area (Å²) >= 11 is 0. The van der Waals surface area contributed by atoms with E-state index in [-0.39, 0.29) is 0 Å². The summed E-state index contributed by atoms with van der Waals surface area (Å²) in [6.07, 6.45) is 1.77. The van der Waals surface area contributed by atoms with Gasteiger partial charge in [0.05, 0.1) is 29.9 Å². The molecule has 0 amide bonds. The number of benzene rings is 2. The molecule has 0 unspecified atom stereocenters. The van der Waals surface area contributed by atoms with Gasteiger partial charge in [0.15, 0.2) is 0 Å². The Morgan fingerprint density at radius 2 is 1.85 bits per heavy atom. The minimum Gasteiger partial charge on any atom is -0.399 e. The highest BCUT2D eigenvalue weighted by Gasteiger charge is 2.17. The zero-order chi connectivity index (χ0) is 22.8. The van der Waals surface area contributed by atoms with Crippen LogP contribution in [-0.4, -0.2) is 52.5 Å². The lowest BCUT2D eigenvalue weighted by Gasteiger charge is -2.27. The predicted octanol–water partition coefficient (Wildman–Crippen LogP) is 4.01. The number of hydrogen-bond acceptors (Lipinski definition) is 6. The number of aromatic nitrogens is 3. The Morgan fingerprint density at radius 3 is 2.61 bits per heavy atom. The van der Waals surface area contributed by atoms with Crippen molar-refractivity contribution in [1.82, 2.24) is 19.6 Å². The van der Waals surface area contributed by atoms with Crippen molar-refractivity contribution < 1.29 is 9.26 Å². The molecule has 0 radical (unpaired) electrons. The quantitative estimate of drug-likeness (QED) is 0.433. The standard InChI is InChI=1S/C26H31N5O2/c1-18-26(19(2)33-29-18)21-7-8-24-23(17-21)28-25(9-6-20-4-3-5-22(27)16-20)31(24)11-10-30-12-14-32-15-13-30/h3-5,7-8,16-17H,6,9-15,27H2,1-2H3. The van der Waals surface area contributed by atoms with Crippen LogP contribution in [-0.2, 0) is 24.1 Å². The van der Waals surface area contributed by atoms with Gasteiger partial charge >= 0.3 is 0 Å². The van der Waals surface area contributed by atoms with E-state index < -0.39 is 0 Å². The van der Waals surface area contributed by atoms with Crippen molar-refractivity contribution >= 4 is 16.7 Å². The fourth-order valence-corrected chi connectivity index (χ4v) is 4.74. The third-order valence-electron chi connectivity index (χ3n) is 6.48. The number of ether oxygens (including phenoxy) is 1. The van der Waals surface area contributed by atoms with Gasteiger partial charge in [0.1, 0.15) is 11.6 Å². The Morgan fingerprint density at radius 1 is 1.00 bits per heavy atom. The molecule has 33 heavy (non-hydrogen) atoms. The maximum Gasteiger partial charge on any atom is 0.141 e. The van der Waals surface area contributed by atoms with Crippen LogP contribution in [0.15, 0.2) is 47.0 Å². The molecule has 0 spiro atoms. The molecule has 1 aliphatic heterocycles. The first-order chi connectivity index (χ1) is 16.1. The first-order valence-corrected chi connectivity index (χ1v) is 11.7. The van der Waals surface area contributed by atoms with Gasteiger partial charge in [-0.25, -0.2) is 4.98 Å². The van der Waals surface area contributed by atoms with Crippen LogP contribution < -0.4 is 5.73 Å². The second kappa shape index (κ2) is 9.37. The number of imidazole rings is 1. The number of aryl methyl sites for hydroxylation is 4. The minimum atomic E-state index is 0.803. The van der Waals surface area contributed by atoms with Gasteiger partial charge in [0.25, 0.3) is 0 Å². The fourth-order valence-electron chi connectivity index (χ4n) is 4.74. The van der Waals surface area contributed by atoms with Gasteiger partial charge in [-0.2, -0.15) is 0 Å². The summed E-state index contributed by atoms with van der Waals surface area (Å²) in [5.41, 5.74) is 13.3. The molecule has 0 aliphatic carbocycles. The van der Waals surface area contributed by atoms with Crippen molar-refractivity contribution in [1.29, 1.82) is 0 Å². The summed E-state index contributed by atoms with van der Waals surface area (Å²) in [6.45, 7) is 9.44. The summed E-state index contributed by atoms with van der Waals surface area (Å²) in [5.74, 6) is 1.94. The maximum absolute atomic E-state index is 5.99. The number of nitrogens with zero attached hydrogens (tertiary/aromatic N) is 4. The monoisotopic (exact) mass is 445 g/mol. The average molecular weight is 446 g/mol. The Hall–Kier alpha value is -3.16. The molecule has 7 nitrogen and oxygen atoms in total. The van der Waals surface area contributed by atoms with E-state index in [4.69, 9.17) is 20.0 Å². The first kappa shape index (κ1) is 21.7. The summed E-state index contributed by atoms with van der Waals surface area (Å²) in [5, 5.41) is 4.12. The first-order valence-electron chi connectivity index (χ1n) is 11.7. The molecule has 2 N–H and O–H groups in total. The predicted molar refractivity (Wildman–Crippen MR) is 130 cm³/mol. The van der Waals surface area contributed by atoms with Gasteiger partial charge in [-0.1, -0.05) is 23.4 Å². The van der Waals surface area contributed by atoms with E-state index in [9.17, 15) is 0 Å². The van der Waals surface area contributed by atoms with Crippen LogP contribution in [0.1, 0.15) is 22.8 Å². The highest BCUT2D eigenvalue weighted by molar-refractivity contribution is 5.83. The number of nitrogen functional groups attached to an aromatic ring is 1. The fraction of sp³-hybridized carbons (Fsp3) is 0.385. The van der Waals surface area contributed by atoms with E-state index in [0.29, 0.717) is 0 Å². The summed E-state index contributed by atoms with van der Waals surface area (Å²) in [4.78, 5) is 7.55. The number of fused-ring (bicyclic) bond motifs is 1. The maximum atomic E-state index is 5.99. The average Bonchev–Trinajstić information content (AvgIpc) is 3.35. The highest BCUT2D eigenvalue weighted by atomic mass is 16.5. The lowest BCUT2D eigenvalue weighted by molar-refractivity contribution is 0.0364. The van der Waals surface area contributed by atoms with Gasteiger partial charge in [0, 0.05) is 43.9 Å². The third-order valence-corrected chi connectivity index (χ3v) is 6.48. The number of rotatable bonds is 7. The van der Waals surface area contributed by atoms with E-state index in [0.717, 1.165) is 91.8 Å². The SMILES string of the molecule is Cc1noc(C)c1-c1ccc2c(c1)nc(CCc1cccc(N)c1)n2CCN1CCOCC1. The zero-order valence-electron chi connectivity index (χ0n) is 19.4. The van der Waals surface area contributed by atoms with Gasteiger partial charge in [-0.3, -0.25) is 4.90 Å². The Bertz CT molecular complexity index is 1230. The normalized spacial score (nSPS) is 14.8. The third kappa shape index (κ3) is 4.65. The Kier molecular flexibility index (Phi) is 6.15. The zero-order valence-corrected chi connectivity index (χ0v) is 19.4. The van der Waals surface area contributed by atoms with Crippen LogP contribution in [0.25, 0.3) is 22.2 Å². The van der Waals surface area contributed by atoms with Gasteiger partial charge < -0.3 is 19.6 Å². The van der Waals surface area contributed by atoms with Gasteiger partial charge in [0.2, 0.25) is 0 Å². The summed E-state index contributed by atoms with van der Waals surface area (Å²) < 4.78 is 13.3. The molecule has 7 heteroatoms. The van der Waals surface area contributed by atoms with Crippen molar-refractivity contribution in [2.75, 3.05) is 38.6 Å². The molecule has 5 rings (SSSR count). The molecule has 0 saturated carbocycles. The molecule has 1 saturated heterocycles. The summed E-state index contributed by atoms with van der Waals surface area (Å²) in [7, 11) is 0. The minimum absolute atomic E-state index is 0.803. The van der Waals surface area contributed by atoms with Crippen LogP contribution in [0.5, 0.6) is 0 Å². The van der Waals surface area contributed by atoms with Crippen LogP contribution >= 0.6 is 0 Å². The summed E-state index contributed by atoms with van der Waals surface area (Å²) in [6, 6.07) is 14.6. The molecule has 2 aromatic heterocycles. The van der Waals surface area contributed by atoms with Gasteiger partial charge in [-0.15, -0.1) is 0 Å². The van der Waals surface area contributed by atoms with Crippen molar-refractivity contribution in [3.05, 3.63) is 65.3 Å². The molecular weight excluding hydrogens is 414 g/mol. The lowest BCUT2D eigenvalue weighted by Crippen LogP contribution is -2.38. The molecule has 1 fully saturated rings. The number of nitrogens with two attached hydrogens (primary N) is 1. The molecule has 0 atom stereocenters. The second-order valence-corrected chi connectivity index (χ2v) is 8.78. The highest BCUT2D eigenvalue weighted by Crippen LogP contribution is 2.30. The van der Waals surface area contributed by atoms with Crippen LogP contribution in [0.3, 0.4) is 0 Å². The molecule has 172 valence electrons. The molecule has 4 aromatic rings. The number of anilines is 1. The van der Waals surface area contributed by atoms with Crippen LogP contribution in [0, 0.1) is 13.8 Å². The van der Waals surface area contributed by atoms with Crippen molar-refractivity contribution in [3.63, 3.8) is 0 Å².